The number of carbonyl (C=O) groups excluding carboxylic acids is 1. The third-order valence-electron chi connectivity index (χ3n) is 5.08. The fourth-order valence-corrected chi connectivity index (χ4v) is 3.95. The predicted octanol–water partition coefficient (Wildman–Crippen LogP) is 5.74. The fourth-order valence-electron chi connectivity index (χ4n) is 3.40. The molecule has 1 aromatic rings. The van der Waals surface area contributed by atoms with Crippen LogP contribution in [0.2, 0.25) is 0 Å². The van der Waals surface area contributed by atoms with Crippen LogP contribution in [0.25, 0.3) is 0 Å². The second kappa shape index (κ2) is 15.0. The maximum atomic E-state index is 12.2. The molecule has 154 valence electrons. The summed E-state index contributed by atoms with van der Waals surface area (Å²) in [6, 6.07) is 8.39. The van der Waals surface area contributed by atoms with Crippen molar-refractivity contribution in [3.63, 3.8) is 0 Å². The molecule has 0 amide bonds. The van der Waals surface area contributed by atoms with Gasteiger partial charge in [0.05, 0.1) is 19.1 Å². The van der Waals surface area contributed by atoms with Crippen LogP contribution in [0.4, 0.5) is 0 Å². The van der Waals surface area contributed by atoms with Crippen LogP contribution in [-0.4, -0.2) is 36.3 Å². The smallest absolute Gasteiger partial charge is 0.313 e. The van der Waals surface area contributed by atoms with Gasteiger partial charge in [-0.1, -0.05) is 69.7 Å². The molecule has 0 aromatic heterocycles. The number of benzene rings is 1. The molecule has 0 bridgehead atoms. The molecule has 27 heavy (non-hydrogen) atoms. The summed E-state index contributed by atoms with van der Waals surface area (Å²) >= 11 is 1.62. The summed E-state index contributed by atoms with van der Waals surface area (Å²) in [5.41, 5.74) is 2.32. The van der Waals surface area contributed by atoms with Gasteiger partial charge in [-0.05, 0) is 43.1 Å². The molecular formula is C23H38O3S. The van der Waals surface area contributed by atoms with E-state index in [-0.39, 0.29) is 18.0 Å². The minimum Gasteiger partial charge on any atom is -0.469 e. The number of methoxy groups -OCH3 is 1. The largest absolute Gasteiger partial charge is 0.469 e. The molecule has 1 N–H and O–H groups in total. The third-order valence-corrected chi connectivity index (χ3v) is 5.80. The van der Waals surface area contributed by atoms with E-state index in [1.54, 1.807) is 11.8 Å². The Labute approximate surface area is 170 Å². The third kappa shape index (κ3) is 10.2. The van der Waals surface area contributed by atoms with Crippen LogP contribution in [0.15, 0.2) is 24.3 Å². The zero-order chi connectivity index (χ0) is 19.9. The molecule has 0 heterocycles. The van der Waals surface area contributed by atoms with Gasteiger partial charge >= 0.3 is 5.97 Å². The van der Waals surface area contributed by atoms with Crippen molar-refractivity contribution in [2.45, 2.75) is 83.2 Å². The summed E-state index contributed by atoms with van der Waals surface area (Å²) < 4.78 is 4.98. The molecule has 4 heteroatoms. The van der Waals surface area contributed by atoms with Crippen molar-refractivity contribution in [1.29, 1.82) is 0 Å². The molecule has 0 aliphatic carbocycles. The lowest BCUT2D eigenvalue weighted by atomic mass is 9.92. The van der Waals surface area contributed by atoms with Crippen molar-refractivity contribution in [2.24, 2.45) is 0 Å². The zero-order valence-electron chi connectivity index (χ0n) is 17.4. The van der Waals surface area contributed by atoms with E-state index in [2.05, 4.69) is 31.2 Å². The van der Waals surface area contributed by atoms with E-state index < -0.39 is 0 Å². The predicted molar refractivity (Wildman–Crippen MR) is 117 cm³/mol. The molecular weight excluding hydrogens is 356 g/mol. The number of aliphatic hydroxyl groups is 1. The van der Waals surface area contributed by atoms with Gasteiger partial charge in [0.15, 0.2) is 0 Å². The lowest BCUT2D eigenvalue weighted by molar-refractivity contribution is -0.142. The van der Waals surface area contributed by atoms with Crippen molar-refractivity contribution in [1.82, 2.24) is 0 Å². The molecule has 0 aliphatic rings. The maximum absolute atomic E-state index is 12.2. The second-order valence-electron chi connectivity index (χ2n) is 7.38. The molecule has 1 rings (SSSR count). The first-order valence-corrected chi connectivity index (χ1v) is 11.8. The Bertz CT molecular complexity index is 501. The molecule has 3 nitrogen and oxygen atoms in total. The van der Waals surface area contributed by atoms with E-state index in [1.165, 1.54) is 57.6 Å². The van der Waals surface area contributed by atoms with Crippen molar-refractivity contribution in [3.8, 4) is 0 Å². The lowest BCUT2D eigenvalue weighted by Crippen LogP contribution is -2.18. The normalized spacial score (nSPS) is 13.3. The van der Waals surface area contributed by atoms with Crippen LogP contribution in [0.1, 0.15) is 81.8 Å². The van der Waals surface area contributed by atoms with Gasteiger partial charge in [0, 0.05) is 5.75 Å². The summed E-state index contributed by atoms with van der Waals surface area (Å²) in [6.45, 7) is 2.25. The van der Waals surface area contributed by atoms with Gasteiger partial charge in [0.1, 0.15) is 0 Å². The number of ether oxygens (including phenoxy) is 1. The Hall–Kier alpha value is -1.00. The minimum atomic E-state index is -0.372. The Balaban J connectivity index is 2.48. The SMILES string of the molecule is CCCCCCCCCc1ccc(C(CCC(O)CSC)C(=O)OC)cc1. The first-order valence-electron chi connectivity index (χ1n) is 10.5. The van der Waals surface area contributed by atoms with Crippen molar-refractivity contribution >= 4 is 17.7 Å². The van der Waals surface area contributed by atoms with Crippen molar-refractivity contribution in [3.05, 3.63) is 35.4 Å². The van der Waals surface area contributed by atoms with Crippen LogP contribution in [0.3, 0.4) is 0 Å². The molecule has 0 saturated carbocycles. The number of unbranched alkanes of at least 4 members (excludes halogenated alkanes) is 6. The Kier molecular flexibility index (Phi) is 13.3. The number of hydrogen-bond acceptors (Lipinski definition) is 4. The van der Waals surface area contributed by atoms with Crippen LogP contribution < -0.4 is 0 Å². The molecule has 0 radical (unpaired) electrons. The number of rotatable bonds is 15. The quantitative estimate of drug-likeness (QED) is 0.304. The van der Waals surface area contributed by atoms with Crippen molar-refractivity contribution < 1.29 is 14.6 Å². The van der Waals surface area contributed by atoms with E-state index in [9.17, 15) is 9.90 Å². The van der Waals surface area contributed by atoms with Gasteiger partial charge in [-0.15, -0.1) is 0 Å². The topological polar surface area (TPSA) is 46.5 Å². The summed E-state index contributed by atoms with van der Waals surface area (Å²) in [5, 5.41) is 9.96. The molecule has 2 unspecified atom stereocenters. The number of thioether (sulfide) groups is 1. The number of aryl methyl sites for hydroxylation is 1. The standard InChI is InChI=1S/C23H38O3S/c1-4-5-6-7-8-9-10-11-19-12-14-20(15-13-19)22(23(25)26-2)17-16-21(24)18-27-3/h12-15,21-22,24H,4-11,16-18H2,1-3H3. The average Bonchev–Trinajstić information content (AvgIpc) is 2.68. The summed E-state index contributed by atoms with van der Waals surface area (Å²) in [5.74, 6) is 0.191. The molecule has 0 aliphatic heterocycles. The highest BCUT2D eigenvalue weighted by Gasteiger charge is 2.22. The molecule has 0 fully saturated rings. The number of carbonyl (C=O) groups is 1. The van der Waals surface area contributed by atoms with E-state index in [0.717, 1.165) is 12.0 Å². The maximum Gasteiger partial charge on any atom is 0.313 e. The number of hydrogen-bond donors (Lipinski definition) is 1. The average molecular weight is 395 g/mol. The highest BCUT2D eigenvalue weighted by atomic mass is 32.2. The highest BCUT2D eigenvalue weighted by Crippen LogP contribution is 2.25. The summed E-state index contributed by atoms with van der Waals surface area (Å²) in [7, 11) is 1.43. The van der Waals surface area contributed by atoms with Gasteiger partial charge in [-0.3, -0.25) is 4.79 Å². The monoisotopic (exact) mass is 394 g/mol. The van der Waals surface area contributed by atoms with Gasteiger partial charge < -0.3 is 9.84 Å². The second-order valence-corrected chi connectivity index (χ2v) is 8.29. The molecule has 0 saturated heterocycles. The van der Waals surface area contributed by atoms with E-state index in [1.807, 2.05) is 6.26 Å². The first-order chi connectivity index (χ1) is 13.1. The molecule has 2 atom stereocenters. The van der Waals surface area contributed by atoms with E-state index in [0.29, 0.717) is 18.6 Å². The Morgan fingerprint density at radius 1 is 1.04 bits per heavy atom. The summed E-state index contributed by atoms with van der Waals surface area (Å²) in [6.07, 6.45) is 13.2. The van der Waals surface area contributed by atoms with Crippen LogP contribution in [0.5, 0.6) is 0 Å². The Morgan fingerprint density at radius 3 is 2.26 bits per heavy atom. The van der Waals surface area contributed by atoms with Crippen LogP contribution in [-0.2, 0) is 16.0 Å². The van der Waals surface area contributed by atoms with Gasteiger partial charge in [0.25, 0.3) is 0 Å². The summed E-state index contributed by atoms with van der Waals surface area (Å²) in [4.78, 5) is 12.2. The minimum absolute atomic E-state index is 0.216. The van der Waals surface area contributed by atoms with Crippen molar-refractivity contribution in [2.75, 3.05) is 19.1 Å². The van der Waals surface area contributed by atoms with E-state index in [4.69, 9.17) is 4.74 Å². The molecule has 0 spiro atoms. The van der Waals surface area contributed by atoms with Crippen LogP contribution >= 0.6 is 11.8 Å². The van der Waals surface area contributed by atoms with Gasteiger partial charge in [0.2, 0.25) is 0 Å². The number of esters is 1. The van der Waals surface area contributed by atoms with Crippen LogP contribution in [0, 0.1) is 0 Å². The van der Waals surface area contributed by atoms with E-state index >= 15 is 0 Å². The van der Waals surface area contributed by atoms with Gasteiger partial charge in [-0.2, -0.15) is 11.8 Å². The fraction of sp³-hybridized carbons (Fsp3) is 0.696. The zero-order valence-corrected chi connectivity index (χ0v) is 18.2. The Morgan fingerprint density at radius 2 is 1.67 bits per heavy atom. The highest BCUT2D eigenvalue weighted by molar-refractivity contribution is 7.98. The first kappa shape index (κ1) is 24.0. The number of aliphatic hydroxyl groups excluding tert-OH is 1. The molecule has 1 aromatic carbocycles. The van der Waals surface area contributed by atoms with Gasteiger partial charge in [-0.25, -0.2) is 0 Å². The lowest BCUT2D eigenvalue weighted by Gasteiger charge is -2.17.